The number of aromatic nitrogens is 1. The van der Waals surface area contributed by atoms with Crippen LogP contribution < -0.4 is 0 Å². The number of rotatable bonds is 7. The Bertz CT molecular complexity index is 541. The van der Waals surface area contributed by atoms with E-state index in [-0.39, 0.29) is 0 Å². The first kappa shape index (κ1) is 16.6. The molecule has 0 aliphatic rings. The molecule has 1 heterocycles. The minimum Gasteiger partial charge on any atom is -0.316 e. The van der Waals surface area contributed by atoms with E-state index in [9.17, 15) is 0 Å². The minimum atomic E-state index is 1.19. The first-order valence-electron chi connectivity index (χ1n) is 7.73. The molecule has 1 nitrogen and oxygen atoms in total. The fourth-order valence-electron chi connectivity index (χ4n) is 2.50. The van der Waals surface area contributed by atoms with E-state index in [4.69, 9.17) is 0 Å². The smallest absolute Gasteiger partial charge is 0.0455 e. The first-order chi connectivity index (χ1) is 10.2. The summed E-state index contributed by atoms with van der Waals surface area (Å²) in [7, 11) is 0. The van der Waals surface area contributed by atoms with E-state index < -0.39 is 0 Å². The first-order valence-corrected chi connectivity index (χ1v) is 9.70. The highest BCUT2D eigenvalue weighted by Gasteiger charge is 2.18. The van der Waals surface area contributed by atoms with Crippen molar-refractivity contribution in [3.05, 3.63) is 41.7 Å². The summed E-state index contributed by atoms with van der Waals surface area (Å²) in [5, 5.41) is 0. The predicted octanol–water partition coefficient (Wildman–Crippen LogP) is 6.10. The molecular formula is C18H25NS2. The van der Waals surface area contributed by atoms with E-state index in [0.717, 1.165) is 0 Å². The lowest BCUT2D eigenvalue weighted by molar-refractivity contribution is 0.947. The molecule has 2 aromatic rings. The fourth-order valence-corrected chi connectivity index (χ4v) is 4.82. The van der Waals surface area contributed by atoms with Crippen LogP contribution in [-0.4, -0.2) is 16.1 Å². The summed E-state index contributed by atoms with van der Waals surface area (Å²) in [6.07, 6.45) is 2.44. The van der Waals surface area contributed by atoms with Crippen molar-refractivity contribution >= 4 is 23.5 Å². The van der Waals surface area contributed by atoms with Gasteiger partial charge in [0.1, 0.15) is 0 Å². The van der Waals surface area contributed by atoms with Crippen LogP contribution in [0.15, 0.2) is 40.1 Å². The van der Waals surface area contributed by atoms with Crippen LogP contribution in [0.3, 0.4) is 0 Å². The summed E-state index contributed by atoms with van der Waals surface area (Å²) in [4.78, 5) is 2.97. The Morgan fingerprint density at radius 1 is 0.810 bits per heavy atom. The molecule has 3 heteroatoms. The van der Waals surface area contributed by atoms with Crippen LogP contribution in [0.2, 0.25) is 0 Å². The van der Waals surface area contributed by atoms with Gasteiger partial charge in [0.05, 0.1) is 0 Å². The average Bonchev–Trinajstić information content (AvgIpc) is 2.74. The zero-order valence-corrected chi connectivity index (χ0v) is 15.1. The van der Waals surface area contributed by atoms with E-state index in [2.05, 4.69) is 62.6 Å². The van der Waals surface area contributed by atoms with Crippen LogP contribution in [0.25, 0.3) is 5.69 Å². The Morgan fingerprint density at radius 3 is 1.71 bits per heavy atom. The van der Waals surface area contributed by atoms with E-state index in [1.54, 1.807) is 0 Å². The average molecular weight is 320 g/mol. The van der Waals surface area contributed by atoms with Gasteiger partial charge in [-0.1, -0.05) is 32.0 Å². The Morgan fingerprint density at radius 2 is 1.29 bits per heavy atom. The molecule has 0 atom stereocenters. The molecule has 2 rings (SSSR count). The molecule has 21 heavy (non-hydrogen) atoms. The van der Waals surface area contributed by atoms with Crippen LogP contribution in [0.4, 0.5) is 0 Å². The van der Waals surface area contributed by atoms with Crippen LogP contribution in [0.1, 0.15) is 38.1 Å². The molecule has 0 aliphatic heterocycles. The number of para-hydroxylation sites is 1. The van der Waals surface area contributed by atoms with Crippen LogP contribution >= 0.6 is 23.5 Å². The van der Waals surface area contributed by atoms with Gasteiger partial charge in [0.15, 0.2) is 0 Å². The van der Waals surface area contributed by atoms with Gasteiger partial charge in [-0.25, -0.2) is 0 Å². The minimum absolute atomic E-state index is 1.19. The highest BCUT2D eigenvalue weighted by molar-refractivity contribution is 8.02. The van der Waals surface area contributed by atoms with E-state index >= 15 is 0 Å². The highest BCUT2D eigenvalue weighted by atomic mass is 32.2. The van der Waals surface area contributed by atoms with Crippen LogP contribution in [0, 0.1) is 13.8 Å². The van der Waals surface area contributed by atoms with Gasteiger partial charge in [0.2, 0.25) is 0 Å². The molecule has 0 amide bonds. The van der Waals surface area contributed by atoms with Gasteiger partial charge in [-0.05, 0) is 50.3 Å². The molecule has 0 saturated carbocycles. The number of nitrogens with zero attached hydrogens (tertiary/aromatic N) is 1. The van der Waals surface area contributed by atoms with Crippen LogP contribution in [-0.2, 0) is 0 Å². The summed E-state index contributed by atoms with van der Waals surface area (Å²) < 4.78 is 2.41. The summed E-state index contributed by atoms with van der Waals surface area (Å²) in [6.45, 7) is 9.02. The van der Waals surface area contributed by atoms with Gasteiger partial charge in [-0.3, -0.25) is 0 Å². The molecule has 0 N–H and O–H groups in total. The lowest BCUT2D eigenvalue weighted by Crippen LogP contribution is -1.98. The van der Waals surface area contributed by atoms with Crippen molar-refractivity contribution in [2.75, 3.05) is 11.5 Å². The second-order valence-electron chi connectivity index (χ2n) is 5.20. The molecule has 1 aromatic carbocycles. The summed E-state index contributed by atoms with van der Waals surface area (Å²) in [6, 6.07) is 10.7. The van der Waals surface area contributed by atoms with Crippen molar-refractivity contribution in [3.63, 3.8) is 0 Å². The van der Waals surface area contributed by atoms with Gasteiger partial charge < -0.3 is 4.57 Å². The van der Waals surface area contributed by atoms with Gasteiger partial charge >= 0.3 is 0 Å². The Kier molecular flexibility index (Phi) is 6.31. The standard InChI is InChI=1S/C18H25NS2/c1-5-12-20-17-14(3)19(16-10-8-7-9-11-16)15(4)18(17)21-13-6-2/h7-11H,5-6,12-13H2,1-4H3. The quantitative estimate of drug-likeness (QED) is 0.568. The molecule has 0 radical (unpaired) electrons. The van der Waals surface area contributed by atoms with E-state index in [1.807, 2.05) is 23.5 Å². The maximum absolute atomic E-state index is 2.41. The number of hydrogen-bond acceptors (Lipinski definition) is 2. The van der Waals surface area contributed by atoms with Crippen molar-refractivity contribution in [3.8, 4) is 5.69 Å². The molecule has 114 valence electrons. The van der Waals surface area contributed by atoms with Gasteiger partial charge in [-0.15, -0.1) is 23.5 Å². The van der Waals surface area contributed by atoms with E-state index in [0.29, 0.717) is 0 Å². The molecule has 0 aliphatic carbocycles. The van der Waals surface area contributed by atoms with Gasteiger partial charge in [0, 0.05) is 26.9 Å². The molecule has 1 aromatic heterocycles. The van der Waals surface area contributed by atoms with Gasteiger partial charge in [-0.2, -0.15) is 0 Å². The molecule has 0 spiro atoms. The van der Waals surface area contributed by atoms with E-state index in [1.165, 1.54) is 51.2 Å². The summed E-state index contributed by atoms with van der Waals surface area (Å²) in [5.74, 6) is 2.39. The Balaban J connectivity index is 2.48. The Hall–Kier alpha value is -0.800. The summed E-state index contributed by atoms with van der Waals surface area (Å²) in [5.41, 5.74) is 4.04. The number of benzene rings is 1. The molecule has 0 saturated heterocycles. The van der Waals surface area contributed by atoms with Crippen molar-refractivity contribution < 1.29 is 0 Å². The predicted molar refractivity (Wildman–Crippen MR) is 97.3 cm³/mol. The van der Waals surface area contributed by atoms with Crippen molar-refractivity contribution in [2.45, 2.75) is 50.3 Å². The lowest BCUT2D eigenvalue weighted by Gasteiger charge is -2.09. The number of hydrogen-bond donors (Lipinski definition) is 0. The summed E-state index contributed by atoms with van der Waals surface area (Å²) >= 11 is 4.02. The monoisotopic (exact) mass is 319 g/mol. The van der Waals surface area contributed by atoms with Crippen molar-refractivity contribution in [2.24, 2.45) is 0 Å². The fraction of sp³-hybridized carbons (Fsp3) is 0.444. The van der Waals surface area contributed by atoms with Crippen molar-refractivity contribution in [1.82, 2.24) is 4.57 Å². The second kappa shape index (κ2) is 8.00. The molecule has 0 unspecified atom stereocenters. The largest absolute Gasteiger partial charge is 0.316 e. The second-order valence-corrected chi connectivity index (χ2v) is 7.41. The van der Waals surface area contributed by atoms with Crippen molar-refractivity contribution in [1.29, 1.82) is 0 Å². The van der Waals surface area contributed by atoms with Gasteiger partial charge in [0.25, 0.3) is 0 Å². The molecular weight excluding hydrogens is 294 g/mol. The molecule has 0 bridgehead atoms. The lowest BCUT2D eigenvalue weighted by atomic mass is 10.3. The zero-order valence-electron chi connectivity index (χ0n) is 13.5. The van der Waals surface area contributed by atoms with Crippen LogP contribution in [0.5, 0.6) is 0 Å². The maximum Gasteiger partial charge on any atom is 0.0455 e. The zero-order chi connectivity index (χ0) is 15.2. The normalized spacial score (nSPS) is 11.0. The Labute approximate surface area is 137 Å². The third-order valence-electron chi connectivity index (χ3n) is 3.45. The number of thioether (sulfide) groups is 2. The topological polar surface area (TPSA) is 4.93 Å². The SMILES string of the molecule is CCCSc1c(SCCC)c(C)n(-c2ccccc2)c1C. The maximum atomic E-state index is 2.41. The molecule has 0 fully saturated rings. The highest BCUT2D eigenvalue weighted by Crippen LogP contribution is 2.40. The third kappa shape index (κ3) is 3.70. The third-order valence-corrected chi connectivity index (χ3v) is 6.38.